The fourth-order valence-corrected chi connectivity index (χ4v) is 4.77. The van der Waals surface area contributed by atoms with Crippen LogP contribution in [0.2, 0.25) is 10.0 Å². The Hall–Kier alpha value is -4.40. The van der Waals surface area contributed by atoms with Gasteiger partial charge >= 0.3 is 6.18 Å². The van der Waals surface area contributed by atoms with Crippen molar-refractivity contribution in [2.75, 3.05) is 0 Å². The molecule has 0 saturated carbocycles. The number of hydrogen-bond acceptors (Lipinski definition) is 3. The highest BCUT2D eigenvalue weighted by molar-refractivity contribution is 6.36. The minimum Gasteiger partial charge on any atom is -0.326 e. The number of nitro groups is 1. The molecular formula is C31H20Cl2F3N3O2. The van der Waals surface area contributed by atoms with Gasteiger partial charge in [-0.25, -0.2) is 4.98 Å². The molecule has 0 aliphatic rings. The van der Waals surface area contributed by atoms with Crippen molar-refractivity contribution in [3.8, 4) is 22.4 Å². The van der Waals surface area contributed by atoms with E-state index in [0.29, 0.717) is 44.8 Å². The zero-order chi connectivity index (χ0) is 29.1. The molecule has 1 heterocycles. The van der Waals surface area contributed by atoms with Gasteiger partial charge in [-0.3, -0.25) is 10.1 Å². The van der Waals surface area contributed by atoms with Crippen molar-refractivity contribution >= 4 is 41.0 Å². The van der Waals surface area contributed by atoms with E-state index in [2.05, 4.69) is 0 Å². The van der Waals surface area contributed by atoms with E-state index in [9.17, 15) is 23.3 Å². The summed E-state index contributed by atoms with van der Waals surface area (Å²) in [6.45, 7) is 0.393. The number of alkyl halides is 3. The molecule has 0 unspecified atom stereocenters. The Morgan fingerprint density at radius 2 is 1.61 bits per heavy atom. The lowest BCUT2D eigenvalue weighted by Gasteiger charge is -2.09. The summed E-state index contributed by atoms with van der Waals surface area (Å²) < 4.78 is 41.3. The van der Waals surface area contributed by atoms with Gasteiger partial charge in [0.1, 0.15) is 5.82 Å². The highest BCUT2D eigenvalue weighted by Crippen LogP contribution is 2.33. The van der Waals surface area contributed by atoms with Crippen LogP contribution in [0.5, 0.6) is 0 Å². The molecule has 5 aromatic rings. The van der Waals surface area contributed by atoms with E-state index in [4.69, 9.17) is 28.2 Å². The quantitative estimate of drug-likeness (QED) is 0.139. The number of non-ortho nitro benzene ring substituents is 1. The number of imidazole rings is 1. The second kappa shape index (κ2) is 11.6. The van der Waals surface area contributed by atoms with Gasteiger partial charge in [-0.15, -0.1) is 0 Å². The average molecular weight is 594 g/mol. The zero-order valence-corrected chi connectivity index (χ0v) is 22.7. The standard InChI is InChI=1S/C31H20Cl2F3N3O2/c32-25-11-14-27(28(33)17-25)29-19-38(18-21-6-12-26(13-7-21)39(40)41)30(37-29)15-8-20-4-9-22(10-5-20)23-2-1-3-24(16-23)31(34,35)36/h1-17,19H,18H2. The molecule has 5 nitrogen and oxygen atoms in total. The Morgan fingerprint density at radius 3 is 2.27 bits per heavy atom. The molecule has 0 fully saturated rings. The topological polar surface area (TPSA) is 61.0 Å². The first-order chi connectivity index (χ1) is 19.6. The van der Waals surface area contributed by atoms with Crippen molar-refractivity contribution < 1.29 is 18.1 Å². The van der Waals surface area contributed by atoms with Crippen LogP contribution in [0.4, 0.5) is 18.9 Å². The molecule has 41 heavy (non-hydrogen) atoms. The second-order valence-corrected chi connectivity index (χ2v) is 10.0. The second-order valence-electron chi connectivity index (χ2n) is 9.19. The Morgan fingerprint density at radius 1 is 0.878 bits per heavy atom. The predicted octanol–water partition coefficient (Wildman–Crippen LogP) is 9.67. The number of hydrogen-bond donors (Lipinski definition) is 0. The van der Waals surface area contributed by atoms with Crippen molar-refractivity contribution in [3.05, 3.63) is 140 Å². The van der Waals surface area contributed by atoms with Crippen LogP contribution in [0.1, 0.15) is 22.5 Å². The highest BCUT2D eigenvalue weighted by atomic mass is 35.5. The summed E-state index contributed by atoms with van der Waals surface area (Å²) in [6, 6.07) is 23.8. The van der Waals surface area contributed by atoms with E-state index in [1.54, 1.807) is 48.5 Å². The molecule has 1 aromatic heterocycles. The number of halogens is 5. The van der Waals surface area contributed by atoms with Gasteiger partial charge in [0.25, 0.3) is 5.69 Å². The SMILES string of the molecule is O=[N+]([O-])c1ccc(Cn2cc(-c3ccc(Cl)cc3Cl)nc2C=Cc2ccc(-c3cccc(C(F)(F)F)c3)cc2)cc1. The van der Waals surface area contributed by atoms with Crippen LogP contribution in [0.15, 0.2) is 97.2 Å². The molecule has 0 N–H and O–H groups in total. The van der Waals surface area contributed by atoms with Gasteiger partial charge < -0.3 is 4.57 Å². The molecule has 0 bridgehead atoms. The molecule has 0 radical (unpaired) electrons. The number of aromatic nitrogens is 2. The molecular weight excluding hydrogens is 574 g/mol. The Bertz CT molecular complexity index is 1750. The van der Waals surface area contributed by atoms with Gasteiger partial charge in [-0.05, 0) is 58.7 Å². The van der Waals surface area contributed by atoms with E-state index >= 15 is 0 Å². The molecule has 10 heteroatoms. The Labute approximate surface area is 243 Å². The third kappa shape index (κ3) is 6.67. The minimum atomic E-state index is -4.41. The monoisotopic (exact) mass is 593 g/mol. The van der Waals surface area contributed by atoms with Gasteiger partial charge in [0, 0.05) is 35.5 Å². The van der Waals surface area contributed by atoms with E-state index in [1.807, 2.05) is 35.0 Å². The summed E-state index contributed by atoms with van der Waals surface area (Å²) in [7, 11) is 0. The summed E-state index contributed by atoms with van der Waals surface area (Å²) in [5.74, 6) is 0.603. The summed E-state index contributed by atoms with van der Waals surface area (Å²) >= 11 is 12.5. The molecule has 0 amide bonds. The fourth-order valence-electron chi connectivity index (χ4n) is 4.27. The lowest BCUT2D eigenvalue weighted by atomic mass is 10.0. The van der Waals surface area contributed by atoms with E-state index in [1.165, 1.54) is 18.2 Å². The number of rotatable bonds is 7. The Balaban J connectivity index is 1.44. The van der Waals surface area contributed by atoms with Gasteiger partial charge in [-0.1, -0.05) is 77.8 Å². The number of nitrogens with zero attached hydrogens (tertiary/aromatic N) is 3. The number of benzene rings is 4. The third-order valence-corrected chi connectivity index (χ3v) is 6.92. The van der Waals surface area contributed by atoms with Gasteiger partial charge in [0.2, 0.25) is 0 Å². The normalized spacial score (nSPS) is 11.7. The van der Waals surface area contributed by atoms with E-state index in [0.717, 1.165) is 23.3 Å². The van der Waals surface area contributed by atoms with Crippen LogP contribution in [-0.4, -0.2) is 14.5 Å². The third-order valence-electron chi connectivity index (χ3n) is 6.37. The van der Waals surface area contributed by atoms with Crippen LogP contribution in [-0.2, 0) is 12.7 Å². The zero-order valence-electron chi connectivity index (χ0n) is 21.1. The van der Waals surface area contributed by atoms with Crippen LogP contribution in [0, 0.1) is 10.1 Å². The molecule has 0 saturated heterocycles. The molecule has 0 spiro atoms. The van der Waals surface area contributed by atoms with Crippen molar-refractivity contribution in [2.24, 2.45) is 0 Å². The smallest absolute Gasteiger partial charge is 0.326 e. The predicted molar refractivity (Wildman–Crippen MR) is 156 cm³/mol. The van der Waals surface area contributed by atoms with Gasteiger partial charge in [0.15, 0.2) is 0 Å². The van der Waals surface area contributed by atoms with Crippen molar-refractivity contribution in [2.45, 2.75) is 12.7 Å². The lowest BCUT2D eigenvalue weighted by Crippen LogP contribution is -2.04. The first kappa shape index (κ1) is 28.1. The highest BCUT2D eigenvalue weighted by Gasteiger charge is 2.30. The van der Waals surface area contributed by atoms with Crippen LogP contribution >= 0.6 is 23.2 Å². The summed E-state index contributed by atoms with van der Waals surface area (Å²) in [5, 5.41) is 12.0. The maximum absolute atomic E-state index is 13.1. The molecule has 5 rings (SSSR count). The summed E-state index contributed by atoms with van der Waals surface area (Å²) in [5.41, 5.74) is 3.40. The van der Waals surface area contributed by atoms with Crippen molar-refractivity contribution in [1.29, 1.82) is 0 Å². The largest absolute Gasteiger partial charge is 0.416 e. The van der Waals surface area contributed by atoms with Crippen LogP contribution in [0.25, 0.3) is 34.5 Å². The maximum Gasteiger partial charge on any atom is 0.416 e. The molecule has 4 aromatic carbocycles. The average Bonchev–Trinajstić information content (AvgIpc) is 3.34. The van der Waals surface area contributed by atoms with Gasteiger partial charge in [0.05, 0.1) is 21.2 Å². The fraction of sp³-hybridized carbons (Fsp3) is 0.0645. The summed E-state index contributed by atoms with van der Waals surface area (Å²) in [4.78, 5) is 15.3. The molecule has 206 valence electrons. The van der Waals surface area contributed by atoms with Crippen LogP contribution in [0.3, 0.4) is 0 Å². The first-order valence-electron chi connectivity index (χ1n) is 12.3. The van der Waals surface area contributed by atoms with Crippen molar-refractivity contribution in [3.63, 3.8) is 0 Å². The maximum atomic E-state index is 13.1. The molecule has 0 aliphatic carbocycles. The van der Waals surface area contributed by atoms with Gasteiger partial charge in [-0.2, -0.15) is 13.2 Å². The summed E-state index contributed by atoms with van der Waals surface area (Å²) in [6.07, 6.45) is 1.09. The minimum absolute atomic E-state index is 0.00159. The van der Waals surface area contributed by atoms with E-state index in [-0.39, 0.29) is 5.69 Å². The lowest BCUT2D eigenvalue weighted by molar-refractivity contribution is -0.384. The molecule has 0 atom stereocenters. The Kier molecular flexibility index (Phi) is 7.97. The van der Waals surface area contributed by atoms with E-state index < -0.39 is 16.7 Å². The first-order valence-corrected chi connectivity index (χ1v) is 13.0. The van der Waals surface area contributed by atoms with Crippen LogP contribution < -0.4 is 0 Å². The number of nitro benzene ring substituents is 1. The molecule has 0 aliphatic heterocycles. The van der Waals surface area contributed by atoms with Crippen molar-refractivity contribution in [1.82, 2.24) is 9.55 Å².